The number of benzene rings is 2. The summed E-state index contributed by atoms with van der Waals surface area (Å²) in [4.78, 5) is 12.2. The number of anilines is 1. The van der Waals surface area contributed by atoms with E-state index in [1.807, 2.05) is 48.5 Å². The molecule has 0 aliphatic carbocycles. The number of ether oxygens (including phenoxy) is 2. The van der Waals surface area contributed by atoms with Gasteiger partial charge < -0.3 is 14.8 Å². The van der Waals surface area contributed by atoms with Crippen molar-refractivity contribution in [1.29, 1.82) is 0 Å². The molecule has 0 unspecified atom stereocenters. The third-order valence-corrected chi connectivity index (χ3v) is 3.97. The van der Waals surface area contributed by atoms with E-state index in [1.165, 1.54) is 6.08 Å². The van der Waals surface area contributed by atoms with Crippen LogP contribution in [0.3, 0.4) is 0 Å². The first-order valence-corrected chi connectivity index (χ1v) is 9.66. The number of hydrogen-bond acceptors (Lipinski definition) is 3. The summed E-state index contributed by atoms with van der Waals surface area (Å²) in [6, 6.07) is 15.2. The molecule has 0 fully saturated rings. The lowest BCUT2D eigenvalue weighted by atomic mass is 10.2. The number of unbranched alkanes of at least 4 members (excludes halogenated alkanes) is 2. The van der Waals surface area contributed by atoms with E-state index in [4.69, 9.17) is 9.47 Å². The molecular weight excluding hydrogens is 338 g/mol. The van der Waals surface area contributed by atoms with Crippen molar-refractivity contribution in [2.75, 3.05) is 18.5 Å². The highest BCUT2D eigenvalue weighted by molar-refractivity contribution is 6.02. The van der Waals surface area contributed by atoms with Gasteiger partial charge in [-0.3, -0.25) is 4.79 Å². The van der Waals surface area contributed by atoms with E-state index in [0.29, 0.717) is 18.0 Å². The molecule has 0 aliphatic heterocycles. The standard InChI is InChI=1S/C23H29NO3/c1-3-5-17-26-20-14-11-19(12-15-20)13-16-23(25)24-21-9-7-8-10-22(21)27-18-6-4-2/h7-16H,3-6,17-18H2,1-2H3,(H,24,25). The Labute approximate surface area is 162 Å². The highest BCUT2D eigenvalue weighted by atomic mass is 16.5. The molecule has 0 saturated heterocycles. The molecule has 4 nitrogen and oxygen atoms in total. The van der Waals surface area contributed by atoms with E-state index in [-0.39, 0.29) is 5.91 Å². The summed E-state index contributed by atoms with van der Waals surface area (Å²) in [5, 5.41) is 2.88. The van der Waals surface area contributed by atoms with Gasteiger partial charge in [-0.15, -0.1) is 0 Å². The number of amides is 1. The second-order valence-corrected chi connectivity index (χ2v) is 6.29. The van der Waals surface area contributed by atoms with Gasteiger partial charge in [0.25, 0.3) is 0 Å². The van der Waals surface area contributed by atoms with Crippen LogP contribution in [-0.4, -0.2) is 19.1 Å². The number of hydrogen-bond donors (Lipinski definition) is 1. The number of para-hydroxylation sites is 2. The Morgan fingerprint density at radius 3 is 2.30 bits per heavy atom. The number of carbonyl (C=O) groups excluding carboxylic acids is 1. The summed E-state index contributed by atoms with van der Waals surface area (Å²) in [6.45, 7) is 5.63. The first-order valence-electron chi connectivity index (χ1n) is 9.66. The van der Waals surface area contributed by atoms with Crippen LogP contribution in [0.1, 0.15) is 45.1 Å². The zero-order chi connectivity index (χ0) is 19.3. The lowest BCUT2D eigenvalue weighted by molar-refractivity contribution is -0.111. The molecule has 2 aromatic rings. The Kier molecular flexibility index (Phi) is 8.98. The fraction of sp³-hybridized carbons (Fsp3) is 0.348. The van der Waals surface area contributed by atoms with Gasteiger partial charge in [0.05, 0.1) is 18.9 Å². The van der Waals surface area contributed by atoms with E-state index in [0.717, 1.165) is 43.6 Å². The van der Waals surface area contributed by atoms with Crippen molar-refractivity contribution in [3.8, 4) is 11.5 Å². The smallest absolute Gasteiger partial charge is 0.248 e. The van der Waals surface area contributed by atoms with Crippen LogP contribution in [0.4, 0.5) is 5.69 Å². The van der Waals surface area contributed by atoms with Gasteiger partial charge in [0.15, 0.2) is 0 Å². The summed E-state index contributed by atoms with van der Waals surface area (Å²) >= 11 is 0. The Hall–Kier alpha value is -2.75. The molecule has 27 heavy (non-hydrogen) atoms. The molecular formula is C23H29NO3. The van der Waals surface area contributed by atoms with Crippen LogP contribution >= 0.6 is 0 Å². The summed E-state index contributed by atoms with van der Waals surface area (Å²) in [5.74, 6) is 1.36. The maximum Gasteiger partial charge on any atom is 0.248 e. The predicted molar refractivity (Wildman–Crippen MR) is 111 cm³/mol. The van der Waals surface area contributed by atoms with Crippen LogP contribution < -0.4 is 14.8 Å². The minimum atomic E-state index is -0.190. The van der Waals surface area contributed by atoms with E-state index < -0.39 is 0 Å². The van der Waals surface area contributed by atoms with Crippen LogP contribution in [0.5, 0.6) is 11.5 Å². The molecule has 0 aliphatic rings. The van der Waals surface area contributed by atoms with Crippen molar-refractivity contribution in [3.05, 3.63) is 60.2 Å². The summed E-state index contributed by atoms with van der Waals surface area (Å²) in [7, 11) is 0. The molecule has 4 heteroatoms. The molecule has 2 aromatic carbocycles. The average molecular weight is 367 g/mol. The van der Waals surface area contributed by atoms with E-state index in [9.17, 15) is 4.79 Å². The minimum absolute atomic E-state index is 0.190. The Bertz CT molecular complexity index is 723. The van der Waals surface area contributed by atoms with Crippen LogP contribution in [0.25, 0.3) is 6.08 Å². The zero-order valence-electron chi connectivity index (χ0n) is 16.2. The highest BCUT2D eigenvalue weighted by Crippen LogP contribution is 2.24. The third-order valence-electron chi connectivity index (χ3n) is 3.97. The maximum absolute atomic E-state index is 12.2. The lowest BCUT2D eigenvalue weighted by Gasteiger charge is -2.11. The maximum atomic E-state index is 12.2. The largest absolute Gasteiger partial charge is 0.494 e. The zero-order valence-corrected chi connectivity index (χ0v) is 16.2. The molecule has 0 bridgehead atoms. The topological polar surface area (TPSA) is 47.6 Å². The average Bonchev–Trinajstić information content (AvgIpc) is 2.69. The van der Waals surface area contributed by atoms with Crippen LogP contribution in [0.2, 0.25) is 0 Å². The first kappa shape index (κ1) is 20.6. The van der Waals surface area contributed by atoms with Crippen LogP contribution in [0.15, 0.2) is 54.6 Å². The van der Waals surface area contributed by atoms with Gasteiger partial charge in [-0.2, -0.15) is 0 Å². The Morgan fingerprint density at radius 2 is 1.59 bits per heavy atom. The lowest BCUT2D eigenvalue weighted by Crippen LogP contribution is -2.09. The normalized spacial score (nSPS) is 10.7. The van der Waals surface area contributed by atoms with Gasteiger partial charge in [-0.05, 0) is 48.7 Å². The van der Waals surface area contributed by atoms with Crippen molar-refractivity contribution in [3.63, 3.8) is 0 Å². The summed E-state index contributed by atoms with van der Waals surface area (Å²) < 4.78 is 11.4. The fourth-order valence-corrected chi connectivity index (χ4v) is 2.38. The number of rotatable bonds is 11. The highest BCUT2D eigenvalue weighted by Gasteiger charge is 2.05. The third kappa shape index (κ3) is 7.57. The fourth-order valence-electron chi connectivity index (χ4n) is 2.38. The Balaban J connectivity index is 1.90. The molecule has 0 spiro atoms. The van der Waals surface area contributed by atoms with Crippen LogP contribution in [-0.2, 0) is 4.79 Å². The predicted octanol–water partition coefficient (Wildman–Crippen LogP) is 5.70. The quantitative estimate of drug-likeness (QED) is 0.409. The van der Waals surface area contributed by atoms with Gasteiger partial charge in [-0.25, -0.2) is 0 Å². The van der Waals surface area contributed by atoms with Gasteiger partial charge >= 0.3 is 0 Å². The molecule has 0 heterocycles. The summed E-state index contributed by atoms with van der Waals surface area (Å²) in [5.41, 5.74) is 1.63. The minimum Gasteiger partial charge on any atom is -0.494 e. The second-order valence-electron chi connectivity index (χ2n) is 6.29. The molecule has 0 aromatic heterocycles. The molecule has 2 rings (SSSR count). The van der Waals surface area contributed by atoms with Gasteiger partial charge in [-0.1, -0.05) is 51.0 Å². The molecule has 0 atom stereocenters. The number of carbonyl (C=O) groups is 1. The summed E-state index contributed by atoms with van der Waals surface area (Å²) in [6.07, 6.45) is 7.52. The van der Waals surface area contributed by atoms with Crippen molar-refractivity contribution in [2.45, 2.75) is 39.5 Å². The molecule has 1 N–H and O–H groups in total. The first-order chi connectivity index (χ1) is 13.2. The van der Waals surface area contributed by atoms with Gasteiger partial charge in [0, 0.05) is 6.08 Å². The molecule has 0 saturated carbocycles. The molecule has 144 valence electrons. The van der Waals surface area contributed by atoms with E-state index >= 15 is 0 Å². The van der Waals surface area contributed by atoms with E-state index in [2.05, 4.69) is 19.2 Å². The molecule has 0 radical (unpaired) electrons. The second kappa shape index (κ2) is 11.8. The van der Waals surface area contributed by atoms with Crippen molar-refractivity contribution < 1.29 is 14.3 Å². The number of nitrogens with one attached hydrogen (secondary N) is 1. The monoisotopic (exact) mass is 367 g/mol. The van der Waals surface area contributed by atoms with Crippen molar-refractivity contribution in [2.24, 2.45) is 0 Å². The SMILES string of the molecule is CCCCOc1ccc(C=CC(=O)Nc2ccccc2OCCCC)cc1. The Morgan fingerprint density at radius 1 is 0.926 bits per heavy atom. The molecule has 1 amide bonds. The van der Waals surface area contributed by atoms with Gasteiger partial charge in [0.1, 0.15) is 11.5 Å². The van der Waals surface area contributed by atoms with E-state index in [1.54, 1.807) is 6.08 Å². The van der Waals surface area contributed by atoms with Gasteiger partial charge in [0.2, 0.25) is 5.91 Å². The van der Waals surface area contributed by atoms with Crippen molar-refractivity contribution >= 4 is 17.7 Å². The van der Waals surface area contributed by atoms with Crippen LogP contribution in [0, 0.1) is 0 Å². The van der Waals surface area contributed by atoms with Crippen molar-refractivity contribution in [1.82, 2.24) is 0 Å².